The van der Waals surface area contributed by atoms with Crippen molar-refractivity contribution in [1.82, 2.24) is 29.5 Å². The number of aromatic nitrogens is 6. The lowest BCUT2D eigenvalue weighted by molar-refractivity contribution is 0.399. The molecule has 0 N–H and O–H groups in total. The summed E-state index contributed by atoms with van der Waals surface area (Å²) in [7, 11) is 1.62. The van der Waals surface area contributed by atoms with Crippen molar-refractivity contribution in [3.05, 3.63) is 67.1 Å². The van der Waals surface area contributed by atoms with Crippen molar-refractivity contribution < 1.29 is 4.74 Å². The van der Waals surface area contributed by atoms with E-state index in [1.165, 1.54) is 0 Å². The molecule has 5 rings (SSSR count). The van der Waals surface area contributed by atoms with Gasteiger partial charge in [-0.05, 0) is 36.4 Å². The Morgan fingerprint density at radius 3 is 2.89 bits per heavy atom. The Kier molecular flexibility index (Phi) is 3.57. The Morgan fingerprint density at radius 2 is 1.96 bits per heavy atom. The van der Waals surface area contributed by atoms with E-state index in [0.717, 1.165) is 33.5 Å². The molecule has 2 aliphatic heterocycles. The number of fused-ring (bicyclic) bond motifs is 2. The van der Waals surface area contributed by atoms with E-state index in [1.807, 2.05) is 59.4 Å². The maximum Gasteiger partial charge on any atom is 0.222 e. The van der Waals surface area contributed by atoms with E-state index in [9.17, 15) is 0 Å². The van der Waals surface area contributed by atoms with Gasteiger partial charge in [0.1, 0.15) is 12.2 Å². The highest BCUT2D eigenvalue weighted by Crippen LogP contribution is 2.32. The summed E-state index contributed by atoms with van der Waals surface area (Å²) in [6.45, 7) is 0.577. The van der Waals surface area contributed by atoms with E-state index in [2.05, 4.69) is 26.1 Å². The van der Waals surface area contributed by atoms with Gasteiger partial charge in [-0.2, -0.15) is 0 Å². The van der Waals surface area contributed by atoms with Crippen LogP contribution < -0.4 is 4.74 Å². The smallest absolute Gasteiger partial charge is 0.222 e. The van der Waals surface area contributed by atoms with Crippen LogP contribution in [0.2, 0.25) is 0 Å². The second-order valence-corrected chi connectivity index (χ2v) is 6.22. The van der Waals surface area contributed by atoms with Gasteiger partial charge in [0, 0.05) is 24.2 Å². The fraction of sp³-hybridized carbons (Fsp3) is 0.100. The molecule has 0 bridgehead atoms. The van der Waals surface area contributed by atoms with Crippen molar-refractivity contribution in [3.8, 4) is 28.4 Å². The minimum absolute atomic E-state index is 0.572. The number of ether oxygens (including phenoxy) is 1. The second-order valence-electron chi connectivity index (χ2n) is 6.22. The second kappa shape index (κ2) is 6.21. The first-order chi connectivity index (χ1) is 13.3. The largest absolute Gasteiger partial charge is 0.481 e. The molecule has 0 amide bonds. The van der Waals surface area contributed by atoms with Gasteiger partial charge in [-0.25, -0.2) is 14.6 Å². The molecule has 1 aromatic carbocycles. The van der Waals surface area contributed by atoms with Gasteiger partial charge < -0.3 is 9.30 Å². The van der Waals surface area contributed by atoms with E-state index in [4.69, 9.17) is 9.72 Å². The average molecular weight is 356 g/mol. The molecule has 0 unspecified atom stereocenters. The predicted molar refractivity (Wildman–Crippen MR) is 102 cm³/mol. The minimum Gasteiger partial charge on any atom is -0.481 e. The quantitative estimate of drug-likeness (QED) is 0.494. The average Bonchev–Trinajstić information content (AvgIpc) is 3.32. The monoisotopic (exact) mass is 356 g/mol. The van der Waals surface area contributed by atoms with Crippen LogP contribution in [0.3, 0.4) is 0 Å². The summed E-state index contributed by atoms with van der Waals surface area (Å²) in [6.07, 6.45) is 5.77. The summed E-state index contributed by atoms with van der Waals surface area (Å²) in [4.78, 5) is 8.97. The van der Waals surface area contributed by atoms with Crippen molar-refractivity contribution >= 4 is 11.0 Å². The molecule has 0 spiro atoms. The molecule has 0 aliphatic carbocycles. The molecule has 2 aromatic heterocycles. The highest BCUT2D eigenvalue weighted by molar-refractivity contribution is 5.75. The fourth-order valence-corrected chi connectivity index (χ4v) is 3.22. The topological polar surface area (TPSA) is 70.7 Å². The Balaban J connectivity index is 1.52. The number of benzene rings is 1. The number of para-hydroxylation sites is 1. The van der Waals surface area contributed by atoms with Crippen molar-refractivity contribution in [3.63, 3.8) is 0 Å². The standard InChI is InChI=1S/C20H16N6O/c1-27-20-15(5-4-9-21-20)18-11-14-12-25(10-8-16(14)22-18)13-26-19-7-3-2-6-17(19)23-24-26/h2-12H,13H2,1H3. The minimum atomic E-state index is 0.572. The highest BCUT2D eigenvalue weighted by atomic mass is 16.5. The molecule has 0 saturated carbocycles. The van der Waals surface area contributed by atoms with Crippen LogP contribution in [0.25, 0.3) is 33.5 Å². The third-order valence-electron chi connectivity index (χ3n) is 4.52. The molecule has 0 radical (unpaired) electrons. The first kappa shape index (κ1) is 15.5. The number of hydrogen-bond acceptors (Lipinski definition) is 5. The normalized spacial score (nSPS) is 11.3. The number of pyridine rings is 2. The van der Waals surface area contributed by atoms with Crippen LogP contribution in [0.1, 0.15) is 0 Å². The van der Waals surface area contributed by atoms with Crippen molar-refractivity contribution in [2.45, 2.75) is 6.67 Å². The SMILES string of the molecule is COc1ncccc1-c1cc2cn(Cn3nnc4ccccc43)ccc-2n1. The van der Waals surface area contributed by atoms with Gasteiger partial charge in [0.2, 0.25) is 5.88 Å². The molecule has 0 fully saturated rings. The lowest BCUT2D eigenvalue weighted by Gasteiger charge is -2.08. The fourth-order valence-electron chi connectivity index (χ4n) is 3.22. The van der Waals surface area contributed by atoms with Crippen LogP contribution in [-0.2, 0) is 6.67 Å². The molecule has 7 nitrogen and oxygen atoms in total. The molecule has 7 heteroatoms. The van der Waals surface area contributed by atoms with Crippen molar-refractivity contribution in [2.24, 2.45) is 0 Å². The van der Waals surface area contributed by atoms with Gasteiger partial charge >= 0.3 is 0 Å². The van der Waals surface area contributed by atoms with E-state index in [0.29, 0.717) is 12.5 Å². The van der Waals surface area contributed by atoms with Crippen LogP contribution in [0.5, 0.6) is 5.88 Å². The summed E-state index contributed by atoms with van der Waals surface area (Å²) in [5, 5.41) is 8.46. The van der Waals surface area contributed by atoms with E-state index in [-0.39, 0.29) is 0 Å². The Hall–Kier alpha value is -3.74. The Labute approximate surface area is 155 Å². The molecule has 0 atom stereocenters. The maximum atomic E-state index is 5.36. The molecule has 3 aromatic rings. The van der Waals surface area contributed by atoms with Gasteiger partial charge in [-0.1, -0.05) is 17.3 Å². The van der Waals surface area contributed by atoms with Crippen LogP contribution in [0.4, 0.5) is 0 Å². The molecule has 0 saturated heterocycles. The predicted octanol–water partition coefficient (Wildman–Crippen LogP) is 3.31. The molecule has 27 heavy (non-hydrogen) atoms. The van der Waals surface area contributed by atoms with E-state index in [1.54, 1.807) is 13.3 Å². The van der Waals surface area contributed by atoms with Crippen LogP contribution in [0, 0.1) is 0 Å². The number of methoxy groups -OCH3 is 1. The Bertz CT molecular complexity index is 1210. The van der Waals surface area contributed by atoms with Gasteiger partial charge in [-0.15, -0.1) is 5.10 Å². The first-order valence-electron chi connectivity index (χ1n) is 8.56. The maximum absolute atomic E-state index is 5.36. The molecule has 132 valence electrons. The summed E-state index contributed by atoms with van der Waals surface area (Å²) in [5.41, 5.74) is 5.59. The van der Waals surface area contributed by atoms with Crippen molar-refractivity contribution in [2.75, 3.05) is 7.11 Å². The van der Waals surface area contributed by atoms with Crippen LogP contribution in [-0.4, -0.2) is 36.6 Å². The number of hydrogen-bond donors (Lipinski definition) is 0. The lowest BCUT2D eigenvalue weighted by atomic mass is 10.2. The summed E-state index contributed by atoms with van der Waals surface area (Å²) in [5.74, 6) is 0.572. The zero-order valence-corrected chi connectivity index (χ0v) is 14.6. The third-order valence-corrected chi connectivity index (χ3v) is 4.52. The van der Waals surface area contributed by atoms with Crippen molar-refractivity contribution in [1.29, 1.82) is 0 Å². The van der Waals surface area contributed by atoms with Gasteiger partial charge in [0.25, 0.3) is 0 Å². The van der Waals surface area contributed by atoms with Gasteiger partial charge in [-0.3, -0.25) is 0 Å². The summed E-state index contributed by atoms with van der Waals surface area (Å²) < 4.78 is 9.30. The lowest BCUT2D eigenvalue weighted by Crippen LogP contribution is -2.09. The molecular formula is C20H16N6O. The first-order valence-corrected chi connectivity index (χ1v) is 8.56. The molecule has 4 heterocycles. The number of nitrogens with zero attached hydrogens (tertiary/aromatic N) is 6. The molecular weight excluding hydrogens is 340 g/mol. The summed E-state index contributed by atoms with van der Waals surface area (Å²) in [6, 6.07) is 15.8. The third kappa shape index (κ3) is 2.69. The van der Waals surface area contributed by atoms with Crippen LogP contribution >= 0.6 is 0 Å². The van der Waals surface area contributed by atoms with Gasteiger partial charge in [0.15, 0.2) is 0 Å². The highest BCUT2D eigenvalue weighted by Gasteiger charge is 2.14. The number of rotatable bonds is 4. The van der Waals surface area contributed by atoms with Gasteiger partial charge in [0.05, 0.1) is 29.6 Å². The van der Waals surface area contributed by atoms with E-state index < -0.39 is 0 Å². The zero-order chi connectivity index (χ0) is 18.2. The Morgan fingerprint density at radius 1 is 1.04 bits per heavy atom. The zero-order valence-electron chi connectivity index (χ0n) is 14.6. The summed E-state index contributed by atoms with van der Waals surface area (Å²) >= 11 is 0. The van der Waals surface area contributed by atoms with Crippen LogP contribution in [0.15, 0.2) is 67.1 Å². The van der Waals surface area contributed by atoms with E-state index >= 15 is 0 Å². The molecule has 2 aliphatic rings.